The number of rotatable bonds is 5. The smallest absolute Gasteiger partial charge is 0.241 e. The molecule has 3 rings (SSSR count). The molecule has 1 saturated heterocycles. The van der Waals surface area contributed by atoms with Crippen LogP contribution < -0.4 is 10.2 Å². The topological polar surface area (TPSA) is 78.4 Å². The van der Waals surface area contributed by atoms with Crippen molar-refractivity contribution in [2.24, 2.45) is 0 Å². The van der Waals surface area contributed by atoms with Crippen LogP contribution in [0.25, 0.3) is 11.1 Å². The zero-order chi connectivity index (χ0) is 21.0. The molecule has 0 saturated carbocycles. The van der Waals surface area contributed by atoms with Gasteiger partial charge in [0.2, 0.25) is 17.8 Å². The number of nitrogens with one attached hydrogen (secondary N) is 1. The van der Waals surface area contributed by atoms with Gasteiger partial charge >= 0.3 is 0 Å². The lowest BCUT2D eigenvalue weighted by molar-refractivity contribution is -0.133. The van der Waals surface area contributed by atoms with Gasteiger partial charge in [-0.25, -0.2) is 9.97 Å². The summed E-state index contributed by atoms with van der Waals surface area (Å²) in [5, 5.41) is 3.26. The second-order valence-electron chi connectivity index (χ2n) is 7.46. The molecule has 1 fully saturated rings. The highest BCUT2D eigenvalue weighted by Gasteiger charge is 2.28. The zero-order valence-corrected chi connectivity index (χ0v) is 17.7. The summed E-state index contributed by atoms with van der Waals surface area (Å²) in [6, 6.07) is 7.63. The lowest BCUT2D eigenvalue weighted by Gasteiger charge is -2.33. The lowest BCUT2D eigenvalue weighted by atomic mass is 9.90. The van der Waals surface area contributed by atoms with Gasteiger partial charge in [0, 0.05) is 56.8 Å². The minimum atomic E-state index is -0.205. The highest BCUT2D eigenvalue weighted by molar-refractivity contribution is 6.30. The van der Waals surface area contributed by atoms with Crippen molar-refractivity contribution in [2.75, 3.05) is 38.6 Å². The highest BCUT2D eigenvalue weighted by atomic mass is 35.5. The number of piperidine rings is 1. The van der Waals surface area contributed by atoms with Crippen LogP contribution in [0.3, 0.4) is 0 Å². The molecule has 154 valence electrons. The molecule has 0 aliphatic carbocycles. The summed E-state index contributed by atoms with van der Waals surface area (Å²) in [6.07, 6.45) is 3.67. The summed E-state index contributed by atoms with van der Waals surface area (Å²) in [4.78, 5) is 36.6. The molecule has 1 aromatic heterocycles. The molecule has 2 heterocycles. The Hall–Kier alpha value is -2.67. The molecule has 29 heavy (non-hydrogen) atoms. The first kappa shape index (κ1) is 21.0. The van der Waals surface area contributed by atoms with E-state index < -0.39 is 0 Å². The monoisotopic (exact) mass is 415 g/mol. The molecular formula is C21H26ClN5O2. The number of amides is 2. The van der Waals surface area contributed by atoms with Crippen molar-refractivity contribution >= 4 is 29.4 Å². The quantitative estimate of drug-likeness (QED) is 0.812. The number of carbonyl (C=O) groups excluding carboxylic acids is 2. The molecule has 8 heteroatoms. The van der Waals surface area contributed by atoms with Gasteiger partial charge in [-0.15, -0.1) is 0 Å². The minimum Gasteiger partial charge on any atom is -0.347 e. The Morgan fingerprint density at radius 2 is 2.00 bits per heavy atom. The second kappa shape index (κ2) is 9.22. The molecule has 0 radical (unpaired) electrons. The van der Waals surface area contributed by atoms with Crippen LogP contribution in [0.4, 0.5) is 5.95 Å². The van der Waals surface area contributed by atoms with Crippen LogP contribution in [0.2, 0.25) is 5.02 Å². The van der Waals surface area contributed by atoms with E-state index in [1.54, 1.807) is 0 Å². The number of likely N-dealkylation sites (tertiary alicyclic amines) is 1. The third kappa shape index (κ3) is 5.23. The molecule has 1 aromatic carbocycles. The Morgan fingerprint density at radius 3 is 2.66 bits per heavy atom. The van der Waals surface area contributed by atoms with Gasteiger partial charge in [-0.2, -0.15) is 0 Å². The molecule has 0 bridgehead atoms. The van der Waals surface area contributed by atoms with E-state index >= 15 is 0 Å². The number of halogens is 1. The lowest BCUT2D eigenvalue weighted by Crippen LogP contribution is -2.44. The molecule has 1 atom stereocenters. The second-order valence-corrected chi connectivity index (χ2v) is 7.90. The van der Waals surface area contributed by atoms with Gasteiger partial charge in [0.25, 0.3) is 0 Å². The van der Waals surface area contributed by atoms with Gasteiger partial charge in [0.1, 0.15) is 0 Å². The Balaban J connectivity index is 1.90. The Labute approximate surface area is 176 Å². The van der Waals surface area contributed by atoms with Crippen molar-refractivity contribution in [1.82, 2.24) is 20.2 Å². The maximum atomic E-state index is 12.5. The van der Waals surface area contributed by atoms with Crippen LogP contribution in [-0.2, 0) is 9.59 Å². The average molecular weight is 416 g/mol. The van der Waals surface area contributed by atoms with Gasteiger partial charge in [0.05, 0.1) is 12.2 Å². The zero-order valence-electron chi connectivity index (χ0n) is 17.0. The van der Waals surface area contributed by atoms with Gasteiger partial charge in [-0.1, -0.05) is 23.7 Å². The number of carbonyl (C=O) groups is 2. The molecule has 0 unspecified atom stereocenters. The summed E-state index contributed by atoms with van der Waals surface area (Å²) in [5.41, 5.74) is 2.88. The van der Waals surface area contributed by atoms with Crippen molar-refractivity contribution < 1.29 is 9.59 Å². The number of hydrogen-bond acceptors (Lipinski definition) is 5. The van der Waals surface area contributed by atoms with Crippen LogP contribution in [0.1, 0.15) is 31.4 Å². The summed E-state index contributed by atoms with van der Waals surface area (Å²) in [5.74, 6) is 0.458. The van der Waals surface area contributed by atoms with Gasteiger partial charge in [-0.05, 0) is 30.5 Å². The highest BCUT2D eigenvalue weighted by Crippen LogP contribution is 2.34. The van der Waals surface area contributed by atoms with E-state index in [0.717, 1.165) is 29.7 Å². The van der Waals surface area contributed by atoms with Gasteiger partial charge in [0.15, 0.2) is 0 Å². The third-order valence-corrected chi connectivity index (χ3v) is 5.26. The molecule has 1 aliphatic heterocycles. The number of benzene rings is 1. The molecule has 1 N–H and O–H groups in total. The van der Waals surface area contributed by atoms with E-state index in [0.29, 0.717) is 24.1 Å². The summed E-state index contributed by atoms with van der Waals surface area (Å²) in [7, 11) is 3.82. The van der Waals surface area contributed by atoms with Crippen molar-refractivity contribution in [3.8, 4) is 11.1 Å². The first-order valence-corrected chi connectivity index (χ1v) is 10.1. The van der Waals surface area contributed by atoms with Crippen molar-refractivity contribution in [2.45, 2.75) is 25.7 Å². The van der Waals surface area contributed by atoms with E-state index in [-0.39, 0.29) is 24.3 Å². The molecule has 1 aliphatic rings. The summed E-state index contributed by atoms with van der Waals surface area (Å²) in [6.45, 7) is 2.70. The van der Waals surface area contributed by atoms with Gasteiger partial charge in [-0.3, -0.25) is 9.59 Å². The normalized spacial score (nSPS) is 16.4. The fourth-order valence-electron chi connectivity index (χ4n) is 3.50. The predicted octanol–water partition coefficient (Wildman–Crippen LogP) is 2.71. The SMILES string of the molecule is CC(=O)NCC(=O)N1CCC[C@H](c2nc(N(C)C)ncc2-c2ccc(Cl)cc2)C1. The van der Waals surface area contributed by atoms with E-state index in [4.69, 9.17) is 16.6 Å². The van der Waals surface area contributed by atoms with E-state index in [9.17, 15) is 9.59 Å². The Bertz CT molecular complexity index is 885. The predicted molar refractivity (Wildman–Crippen MR) is 114 cm³/mol. The largest absolute Gasteiger partial charge is 0.347 e. The first-order valence-electron chi connectivity index (χ1n) is 9.67. The average Bonchev–Trinajstić information content (AvgIpc) is 2.72. The Kier molecular flexibility index (Phi) is 6.69. The third-order valence-electron chi connectivity index (χ3n) is 5.01. The first-order chi connectivity index (χ1) is 13.8. The molecular weight excluding hydrogens is 390 g/mol. The number of anilines is 1. The van der Waals surface area contributed by atoms with Crippen LogP contribution in [0.15, 0.2) is 30.5 Å². The van der Waals surface area contributed by atoms with Crippen LogP contribution >= 0.6 is 11.6 Å². The van der Waals surface area contributed by atoms with E-state index in [1.165, 1.54) is 6.92 Å². The minimum absolute atomic E-state index is 0.0266. The molecule has 7 nitrogen and oxygen atoms in total. The number of aromatic nitrogens is 2. The van der Waals surface area contributed by atoms with Crippen molar-refractivity contribution in [3.05, 3.63) is 41.2 Å². The maximum absolute atomic E-state index is 12.5. The van der Waals surface area contributed by atoms with Crippen molar-refractivity contribution in [1.29, 1.82) is 0 Å². The fourth-order valence-corrected chi connectivity index (χ4v) is 3.63. The number of nitrogens with zero attached hydrogens (tertiary/aromatic N) is 4. The summed E-state index contributed by atoms with van der Waals surface area (Å²) >= 11 is 6.05. The Morgan fingerprint density at radius 1 is 1.28 bits per heavy atom. The molecule has 2 amide bonds. The van der Waals surface area contributed by atoms with Gasteiger partial charge < -0.3 is 15.1 Å². The van der Waals surface area contributed by atoms with Crippen LogP contribution in [0, 0.1) is 0 Å². The summed E-state index contributed by atoms with van der Waals surface area (Å²) < 4.78 is 0. The standard InChI is InChI=1S/C21H26ClN5O2/c1-14(28)23-12-19(29)27-10-4-5-16(13-27)20-18(11-24-21(25-20)26(2)3)15-6-8-17(22)9-7-15/h6-9,11,16H,4-5,10,12-13H2,1-3H3,(H,23,28)/t16-/m0/s1. The van der Waals surface area contributed by atoms with E-state index in [1.807, 2.05) is 54.4 Å². The molecule has 2 aromatic rings. The van der Waals surface area contributed by atoms with E-state index in [2.05, 4.69) is 10.3 Å². The van der Waals surface area contributed by atoms with Crippen molar-refractivity contribution in [3.63, 3.8) is 0 Å². The maximum Gasteiger partial charge on any atom is 0.241 e. The molecule has 0 spiro atoms. The van der Waals surface area contributed by atoms with Crippen LogP contribution in [-0.4, -0.2) is 60.4 Å². The number of hydrogen-bond donors (Lipinski definition) is 1. The fraction of sp³-hybridized carbons (Fsp3) is 0.429. The van der Waals surface area contributed by atoms with Crippen LogP contribution in [0.5, 0.6) is 0 Å².